The molecule has 9 nitrogen and oxygen atoms in total. The van der Waals surface area contributed by atoms with Gasteiger partial charge < -0.3 is 15.1 Å². The van der Waals surface area contributed by atoms with Crippen LogP contribution in [-0.2, 0) is 9.59 Å². The molecule has 9 heteroatoms. The molecule has 3 amide bonds. The first-order valence-electron chi connectivity index (χ1n) is 12.0. The van der Waals surface area contributed by atoms with Crippen LogP contribution in [0.5, 0.6) is 0 Å². The molecule has 0 spiro atoms. The van der Waals surface area contributed by atoms with Gasteiger partial charge in [-0.15, -0.1) is 0 Å². The number of nitrogens with one attached hydrogen (secondary N) is 2. The van der Waals surface area contributed by atoms with Crippen molar-refractivity contribution in [3.8, 4) is 0 Å². The number of carbonyl (C=O) groups is 3. The molecule has 2 aliphatic heterocycles. The van der Waals surface area contributed by atoms with Crippen molar-refractivity contribution in [2.45, 2.75) is 62.4 Å². The van der Waals surface area contributed by atoms with E-state index in [1.807, 2.05) is 18.2 Å². The Morgan fingerprint density at radius 2 is 1.79 bits per heavy atom. The number of aromatic amines is 1. The molecular formula is C24H28N6O3. The van der Waals surface area contributed by atoms with E-state index in [4.69, 9.17) is 0 Å². The fourth-order valence-corrected chi connectivity index (χ4v) is 5.10. The minimum Gasteiger partial charge on any atom is -0.345 e. The Hall–Kier alpha value is -3.23. The van der Waals surface area contributed by atoms with Gasteiger partial charge in [0, 0.05) is 36.5 Å². The van der Waals surface area contributed by atoms with E-state index in [1.165, 1.54) is 12.8 Å². The van der Waals surface area contributed by atoms with Crippen LogP contribution in [0, 0.1) is 0 Å². The minimum absolute atomic E-state index is 0.0526. The Morgan fingerprint density at radius 1 is 1.03 bits per heavy atom. The van der Waals surface area contributed by atoms with Gasteiger partial charge in [0.2, 0.25) is 11.8 Å². The van der Waals surface area contributed by atoms with Gasteiger partial charge in [0.25, 0.3) is 5.91 Å². The summed E-state index contributed by atoms with van der Waals surface area (Å²) >= 11 is 0. The zero-order valence-corrected chi connectivity index (χ0v) is 18.5. The Labute approximate surface area is 191 Å². The predicted molar refractivity (Wildman–Crippen MR) is 118 cm³/mol. The van der Waals surface area contributed by atoms with Crippen molar-refractivity contribution in [1.82, 2.24) is 30.3 Å². The van der Waals surface area contributed by atoms with Crippen LogP contribution in [-0.4, -0.2) is 68.4 Å². The molecule has 6 rings (SSSR count). The Bertz CT molecular complexity index is 1100. The van der Waals surface area contributed by atoms with Crippen molar-refractivity contribution in [3.05, 3.63) is 47.0 Å². The van der Waals surface area contributed by atoms with Gasteiger partial charge in [0.15, 0.2) is 5.82 Å². The molecule has 2 saturated carbocycles. The normalized spacial score (nSPS) is 23.0. The molecule has 2 aliphatic carbocycles. The molecule has 0 bridgehead atoms. The number of hydrogen-bond acceptors (Lipinski definition) is 5. The number of H-pyrrole nitrogens is 1. The highest BCUT2D eigenvalue weighted by atomic mass is 16.2. The van der Waals surface area contributed by atoms with E-state index in [0.29, 0.717) is 24.6 Å². The smallest absolute Gasteiger partial charge is 0.255 e. The molecule has 0 radical (unpaired) electrons. The van der Waals surface area contributed by atoms with Gasteiger partial charge in [0.1, 0.15) is 11.9 Å². The second kappa shape index (κ2) is 7.97. The summed E-state index contributed by atoms with van der Waals surface area (Å²) in [5, 5.41) is 10.2. The van der Waals surface area contributed by atoms with Crippen LogP contribution in [0.2, 0.25) is 0 Å². The quantitative estimate of drug-likeness (QED) is 0.701. The fourth-order valence-electron chi connectivity index (χ4n) is 5.10. The number of nitrogens with zero attached hydrogens (tertiary/aromatic N) is 4. The molecule has 1 unspecified atom stereocenters. The monoisotopic (exact) mass is 448 g/mol. The summed E-state index contributed by atoms with van der Waals surface area (Å²) in [7, 11) is 0. The zero-order valence-electron chi connectivity index (χ0n) is 18.5. The number of piperidine rings is 1. The predicted octanol–water partition coefficient (Wildman–Crippen LogP) is 1.86. The van der Waals surface area contributed by atoms with E-state index in [2.05, 4.69) is 20.5 Å². The molecule has 1 aromatic heterocycles. The molecule has 1 aromatic carbocycles. The second-order valence-corrected chi connectivity index (χ2v) is 9.66. The maximum Gasteiger partial charge on any atom is 0.255 e. The minimum atomic E-state index is -0.646. The average molecular weight is 449 g/mol. The van der Waals surface area contributed by atoms with Crippen molar-refractivity contribution in [3.63, 3.8) is 0 Å². The average Bonchev–Trinajstić information content (AvgIpc) is 3.79. The number of fused-ring (bicyclic) bond motifs is 1. The number of aromatic nitrogens is 3. The first-order chi connectivity index (χ1) is 16.1. The number of amides is 3. The van der Waals surface area contributed by atoms with Crippen LogP contribution in [0.4, 0.5) is 0 Å². The van der Waals surface area contributed by atoms with Gasteiger partial charge in [-0.2, -0.15) is 5.10 Å². The first-order valence-corrected chi connectivity index (χ1v) is 12.0. The fraction of sp³-hybridized carbons (Fsp3) is 0.542. The van der Waals surface area contributed by atoms with E-state index in [-0.39, 0.29) is 36.2 Å². The lowest BCUT2D eigenvalue weighted by Gasteiger charge is -2.31. The van der Waals surface area contributed by atoms with E-state index in [1.54, 1.807) is 15.9 Å². The molecule has 3 fully saturated rings. The van der Waals surface area contributed by atoms with Gasteiger partial charge >= 0.3 is 0 Å². The maximum absolute atomic E-state index is 13.1. The molecule has 2 N–H and O–H groups in total. The molecule has 1 atom stereocenters. The van der Waals surface area contributed by atoms with Crippen LogP contribution < -0.4 is 5.32 Å². The standard InChI is InChI=1S/C24H28N6O3/c31-19(29-11-9-15(10-12-29)22-26-21(27-28-22)14-5-6-14)13-25-23(32)20-17-3-1-2-4-18(17)24(33)30(20)16-7-8-16/h1-4,14-16,20H,5-13H2,(H,25,32)(H,26,27,28). The lowest BCUT2D eigenvalue weighted by molar-refractivity contribution is -0.134. The highest BCUT2D eigenvalue weighted by Gasteiger charge is 2.47. The topological polar surface area (TPSA) is 111 Å². The van der Waals surface area contributed by atoms with E-state index < -0.39 is 6.04 Å². The summed E-state index contributed by atoms with van der Waals surface area (Å²) in [6.07, 6.45) is 5.86. The molecule has 172 valence electrons. The van der Waals surface area contributed by atoms with Gasteiger partial charge in [-0.05, 0) is 50.2 Å². The SMILES string of the molecule is O=C(NCC(=O)N1CCC(c2nc(C3CC3)n[nH]2)CC1)C1c2ccccc2C(=O)N1C1CC1. The highest BCUT2D eigenvalue weighted by molar-refractivity contribution is 6.05. The van der Waals surface area contributed by atoms with Crippen molar-refractivity contribution in [2.24, 2.45) is 0 Å². The van der Waals surface area contributed by atoms with Crippen molar-refractivity contribution < 1.29 is 14.4 Å². The third-order valence-electron chi connectivity index (χ3n) is 7.30. The third kappa shape index (κ3) is 3.79. The van der Waals surface area contributed by atoms with Gasteiger partial charge in [0.05, 0.1) is 6.54 Å². The van der Waals surface area contributed by atoms with Crippen molar-refractivity contribution in [1.29, 1.82) is 0 Å². The van der Waals surface area contributed by atoms with Crippen LogP contribution in [0.1, 0.15) is 84.0 Å². The summed E-state index contributed by atoms with van der Waals surface area (Å²) in [5.41, 5.74) is 1.33. The van der Waals surface area contributed by atoms with Crippen LogP contribution in [0.3, 0.4) is 0 Å². The zero-order chi connectivity index (χ0) is 22.5. The Kier molecular flexibility index (Phi) is 4.92. The van der Waals surface area contributed by atoms with Gasteiger partial charge in [-0.3, -0.25) is 19.5 Å². The molecule has 33 heavy (non-hydrogen) atoms. The van der Waals surface area contributed by atoms with Crippen LogP contribution in [0.15, 0.2) is 24.3 Å². The number of rotatable bonds is 6. The molecule has 3 heterocycles. The summed E-state index contributed by atoms with van der Waals surface area (Å²) in [4.78, 5) is 46.9. The second-order valence-electron chi connectivity index (χ2n) is 9.66. The Morgan fingerprint density at radius 3 is 2.52 bits per heavy atom. The van der Waals surface area contributed by atoms with Gasteiger partial charge in [-0.1, -0.05) is 18.2 Å². The van der Waals surface area contributed by atoms with E-state index in [0.717, 1.165) is 42.9 Å². The number of likely N-dealkylation sites (tertiary alicyclic amines) is 1. The lowest BCUT2D eigenvalue weighted by atomic mass is 9.96. The molecule has 1 saturated heterocycles. The molecule has 4 aliphatic rings. The van der Waals surface area contributed by atoms with Crippen LogP contribution in [0.25, 0.3) is 0 Å². The van der Waals surface area contributed by atoms with E-state index >= 15 is 0 Å². The molecule has 2 aromatic rings. The lowest BCUT2D eigenvalue weighted by Crippen LogP contribution is -2.46. The maximum atomic E-state index is 13.1. The summed E-state index contributed by atoms with van der Waals surface area (Å²) in [5.74, 6) is 2.22. The van der Waals surface area contributed by atoms with Gasteiger partial charge in [-0.25, -0.2) is 4.98 Å². The third-order valence-corrected chi connectivity index (χ3v) is 7.30. The number of benzene rings is 1. The highest BCUT2D eigenvalue weighted by Crippen LogP contribution is 2.42. The van der Waals surface area contributed by atoms with E-state index in [9.17, 15) is 14.4 Å². The Balaban J connectivity index is 1.05. The number of carbonyl (C=O) groups excluding carboxylic acids is 3. The summed E-state index contributed by atoms with van der Waals surface area (Å²) in [6.45, 7) is 1.22. The van der Waals surface area contributed by atoms with Crippen LogP contribution >= 0.6 is 0 Å². The summed E-state index contributed by atoms with van der Waals surface area (Å²) < 4.78 is 0. The summed E-state index contributed by atoms with van der Waals surface area (Å²) in [6, 6.07) is 6.75. The van der Waals surface area contributed by atoms with Crippen molar-refractivity contribution in [2.75, 3.05) is 19.6 Å². The molecular weight excluding hydrogens is 420 g/mol. The largest absolute Gasteiger partial charge is 0.345 e. The number of hydrogen-bond donors (Lipinski definition) is 2. The van der Waals surface area contributed by atoms with Crippen molar-refractivity contribution >= 4 is 17.7 Å². The first kappa shape index (κ1) is 20.4.